The van der Waals surface area contributed by atoms with E-state index in [1.54, 1.807) is 0 Å². The third-order valence-electron chi connectivity index (χ3n) is 3.90. The van der Waals surface area contributed by atoms with Crippen molar-refractivity contribution >= 4 is 24.2 Å². The molecular weight excluding hydrogens is 262 g/mol. The summed E-state index contributed by atoms with van der Waals surface area (Å²) in [7, 11) is -0.518. The standard InChI is InChI=1S/C13H20BClN2O2/c1-8(2)10-9(11(15)17-7-16-10)14-18-12(3,4)13(5,6)19-14/h7-8H,1-6H3. The van der Waals surface area contributed by atoms with E-state index in [0.29, 0.717) is 5.15 Å². The van der Waals surface area contributed by atoms with Crippen LogP contribution in [0.3, 0.4) is 0 Å². The fourth-order valence-corrected chi connectivity index (χ4v) is 2.26. The quantitative estimate of drug-likeness (QED) is 0.618. The molecule has 2 rings (SSSR count). The van der Waals surface area contributed by atoms with E-state index < -0.39 is 18.3 Å². The molecule has 104 valence electrons. The van der Waals surface area contributed by atoms with Gasteiger partial charge in [0.15, 0.2) is 0 Å². The van der Waals surface area contributed by atoms with E-state index in [9.17, 15) is 0 Å². The Kier molecular flexibility index (Phi) is 3.67. The molecule has 0 N–H and O–H groups in total. The van der Waals surface area contributed by atoms with Crippen molar-refractivity contribution < 1.29 is 9.31 Å². The highest BCUT2D eigenvalue weighted by molar-refractivity contribution is 6.65. The zero-order valence-electron chi connectivity index (χ0n) is 12.3. The van der Waals surface area contributed by atoms with Crippen LogP contribution in [-0.4, -0.2) is 28.3 Å². The van der Waals surface area contributed by atoms with Gasteiger partial charge in [0.1, 0.15) is 11.5 Å². The van der Waals surface area contributed by atoms with Crippen molar-refractivity contribution in [2.45, 2.75) is 58.7 Å². The van der Waals surface area contributed by atoms with Gasteiger partial charge >= 0.3 is 7.12 Å². The van der Waals surface area contributed by atoms with Gasteiger partial charge in [-0.15, -0.1) is 0 Å². The van der Waals surface area contributed by atoms with Crippen molar-refractivity contribution in [3.8, 4) is 0 Å². The van der Waals surface area contributed by atoms with Gasteiger partial charge in [0, 0.05) is 11.2 Å². The Labute approximate surface area is 120 Å². The second kappa shape index (κ2) is 4.72. The number of rotatable bonds is 2. The zero-order chi connectivity index (χ0) is 14.4. The highest BCUT2D eigenvalue weighted by Crippen LogP contribution is 2.37. The van der Waals surface area contributed by atoms with Gasteiger partial charge in [0.05, 0.1) is 11.2 Å². The van der Waals surface area contributed by atoms with Crippen molar-refractivity contribution in [1.82, 2.24) is 9.97 Å². The van der Waals surface area contributed by atoms with Crippen LogP contribution in [0.15, 0.2) is 6.33 Å². The summed E-state index contributed by atoms with van der Waals surface area (Å²) in [6.07, 6.45) is 1.48. The summed E-state index contributed by atoms with van der Waals surface area (Å²) in [5.74, 6) is 0.231. The van der Waals surface area contributed by atoms with Crippen LogP contribution in [0.4, 0.5) is 0 Å². The molecule has 0 amide bonds. The summed E-state index contributed by atoms with van der Waals surface area (Å²) in [6, 6.07) is 0. The number of hydrogen-bond acceptors (Lipinski definition) is 4. The largest absolute Gasteiger partial charge is 0.499 e. The van der Waals surface area contributed by atoms with Crippen LogP contribution in [0.1, 0.15) is 53.2 Å². The Morgan fingerprint density at radius 3 is 2.11 bits per heavy atom. The molecule has 0 aliphatic carbocycles. The number of nitrogens with zero attached hydrogens (tertiary/aromatic N) is 2. The topological polar surface area (TPSA) is 44.2 Å². The SMILES string of the molecule is CC(C)c1ncnc(Cl)c1B1OC(C)(C)C(C)(C)O1. The molecule has 0 saturated carbocycles. The number of halogens is 1. The molecule has 19 heavy (non-hydrogen) atoms. The first-order valence-electron chi connectivity index (χ1n) is 6.51. The average molecular weight is 283 g/mol. The highest BCUT2D eigenvalue weighted by atomic mass is 35.5. The average Bonchev–Trinajstić information content (AvgIpc) is 2.47. The summed E-state index contributed by atoms with van der Waals surface area (Å²) in [5.41, 5.74) is 0.826. The van der Waals surface area contributed by atoms with Crippen molar-refractivity contribution in [2.24, 2.45) is 0 Å². The van der Waals surface area contributed by atoms with Gasteiger partial charge in [-0.3, -0.25) is 0 Å². The third kappa shape index (κ3) is 2.51. The smallest absolute Gasteiger partial charge is 0.399 e. The van der Waals surface area contributed by atoms with E-state index in [2.05, 4.69) is 23.8 Å². The van der Waals surface area contributed by atoms with Gasteiger partial charge in [0.25, 0.3) is 0 Å². The lowest BCUT2D eigenvalue weighted by Crippen LogP contribution is -2.41. The van der Waals surface area contributed by atoms with Crippen molar-refractivity contribution in [2.75, 3.05) is 0 Å². The van der Waals surface area contributed by atoms with Crippen LogP contribution >= 0.6 is 11.6 Å². The van der Waals surface area contributed by atoms with E-state index in [-0.39, 0.29) is 5.92 Å². The molecule has 6 heteroatoms. The van der Waals surface area contributed by atoms with Gasteiger partial charge in [-0.2, -0.15) is 0 Å². The first-order valence-corrected chi connectivity index (χ1v) is 6.89. The van der Waals surface area contributed by atoms with E-state index in [1.807, 2.05) is 27.7 Å². The zero-order valence-corrected chi connectivity index (χ0v) is 13.1. The highest BCUT2D eigenvalue weighted by Gasteiger charge is 2.53. The van der Waals surface area contributed by atoms with Crippen LogP contribution in [0.2, 0.25) is 5.15 Å². The molecule has 0 atom stereocenters. The predicted molar refractivity (Wildman–Crippen MR) is 76.8 cm³/mol. The Bertz CT molecular complexity index is 476. The molecule has 0 radical (unpaired) electrons. The lowest BCUT2D eigenvalue weighted by Gasteiger charge is -2.32. The predicted octanol–water partition coefficient (Wildman–Crippen LogP) is 2.55. The van der Waals surface area contributed by atoms with Gasteiger partial charge in [0.2, 0.25) is 0 Å². The second-order valence-electron chi connectivity index (χ2n) is 6.21. The first kappa shape index (κ1) is 14.8. The molecule has 1 saturated heterocycles. The molecule has 1 aromatic heterocycles. The van der Waals surface area contributed by atoms with Crippen molar-refractivity contribution in [1.29, 1.82) is 0 Å². The molecule has 0 unspecified atom stereocenters. The monoisotopic (exact) mass is 282 g/mol. The molecule has 4 nitrogen and oxygen atoms in total. The molecular formula is C13H20BClN2O2. The molecule has 0 bridgehead atoms. The van der Waals surface area contributed by atoms with Crippen LogP contribution in [-0.2, 0) is 9.31 Å². The second-order valence-corrected chi connectivity index (χ2v) is 6.56. The Hall–Kier alpha value is -0.645. The Morgan fingerprint density at radius 1 is 1.11 bits per heavy atom. The van der Waals surface area contributed by atoms with E-state index in [4.69, 9.17) is 20.9 Å². The molecule has 0 aromatic carbocycles. The van der Waals surface area contributed by atoms with Gasteiger partial charge in [-0.05, 0) is 33.6 Å². The van der Waals surface area contributed by atoms with E-state index >= 15 is 0 Å². The fourth-order valence-electron chi connectivity index (χ4n) is 2.03. The van der Waals surface area contributed by atoms with Gasteiger partial charge < -0.3 is 9.31 Å². The van der Waals surface area contributed by atoms with Crippen LogP contribution in [0.5, 0.6) is 0 Å². The minimum absolute atomic E-state index is 0.231. The molecule has 1 fully saturated rings. The van der Waals surface area contributed by atoms with Crippen molar-refractivity contribution in [3.05, 3.63) is 17.2 Å². The van der Waals surface area contributed by atoms with Crippen LogP contribution in [0, 0.1) is 0 Å². The van der Waals surface area contributed by atoms with Gasteiger partial charge in [-0.1, -0.05) is 25.4 Å². The summed E-state index contributed by atoms with van der Waals surface area (Å²) >= 11 is 6.23. The summed E-state index contributed by atoms with van der Waals surface area (Å²) in [5, 5.41) is 0.400. The lowest BCUT2D eigenvalue weighted by atomic mass is 9.76. The normalized spacial score (nSPS) is 21.2. The molecule has 1 aliphatic rings. The summed E-state index contributed by atoms with van der Waals surface area (Å²) in [6.45, 7) is 12.2. The Balaban J connectivity index is 2.45. The third-order valence-corrected chi connectivity index (χ3v) is 4.20. The fraction of sp³-hybridized carbons (Fsp3) is 0.692. The molecule has 2 heterocycles. The van der Waals surface area contributed by atoms with E-state index in [1.165, 1.54) is 6.33 Å². The lowest BCUT2D eigenvalue weighted by molar-refractivity contribution is 0.00578. The minimum Gasteiger partial charge on any atom is -0.399 e. The maximum absolute atomic E-state index is 6.23. The summed E-state index contributed by atoms with van der Waals surface area (Å²) < 4.78 is 12.1. The molecule has 1 aliphatic heterocycles. The van der Waals surface area contributed by atoms with Gasteiger partial charge in [-0.25, -0.2) is 9.97 Å². The number of aromatic nitrogens is 2. The molecule has 1 aromatic rings. The minimum atomic E-state index is -0.518. The maximum Gasteiger partial charge on any atom is 0.499 e. The van der Waals surface area contributed by atoms with Crippen LogP contribution < -0.4 is 5.46 Å². The van der Waals surface area contributed by atoms with Crippen molar-refractivity contribution in [3.63, 3.8) is 0 Å². The summed E-state index contributed by atoms with van der Waals surface area (Å²) in [4.78, 5) is 8.38. The number of hydrogen-bond donors (Lipinski definition) is 0. The van der Waals surface area contributed by atoms with Crippen LogP contribution in [0.25, 0.3) is 0 Å². The Morgan fingerprint density at radius 2 is 1.63 bits per heavy atom. The first-order chi connectivity index (χ1) is 8.66. The molecule has 0 spiro atoms. The maximum atomic E-state index is 6.23. The van der Waals surface area contributed by atoms with E-state index in [0.717, 1.165) is 11.2 Å².